The van der Waals surface area contributed by atoms with Gasteiger partial charge in [-0.05, 0) is 52.5 Å². The molecule has 1 unspecified atom stereocenters. The van der Waals surface area contributed by atoms with Gasteiger partial charge < -0.3 is 9.47 Å². The molecule has 1 aliphatic heterocycles. The van der Waals surface area contributed by atoms with Gasteiger partial charge in [-0.15, -0.1) is 0 Å². The Labute approximate surface area is 144 Å². The van der Waals surface area contributed by atoms with E-state index in [1.54, 1.807) is 13.0 Å². The molecule has 0 spiro atoms. The molecule has 24 heavy (non-hydrogen) atoms. The molecule has 1 fully saturated rings. The van der Waals surface area contributed by atoms with E-state index in [9.17, 15) is 9.59 Å². The van der Waals surface area contributed by atoms with Gasteiger partial charge in [0.1, 0.15) is 11.7 Å². The predicted octanol–water partition coefficient (Wildman–Crippen LogP) is 3.91. The molecule has 4 nitrogen and oxygen atoms in total. The first-order valence-electron chi connectivity index (χ1n) is 8.56. The molecule has 4 heteroatoms. The molecule has 1 heterocycles. The number of allylic oxidation sites excluding steroid dienone is 3. The van der Waals surface area contributed by atoms with Crippen LogP contribution in [0.3, 0.4) is 0 Å². The molecule has 0 saturated carbocycles. The van der Waals surface area contributed by atoms with E-state index in [4.69, 9.17) is 9.47 Å². The zero-order valence-electron chi connectivity index (χ0n) is 15.3. The minimum absolute atomic E-state index is 0.0980. The van der Waals surface area contributed by atoms with Crippen LogP contribution in [0.1, 0.15) is 53.9 Å². The van der Waals surface area contributed by atoms with Gasteiger partial charge in [-0.1, -0.05) is 24.3 Å². The van der Waals surface area contributed by atoms with Crippen LogP contribution in [0.4, 0.5) is 0 Å². The highest BCUT2D eigenvalue weighted by molar-refractivity contribution is 5.90. The molecule has 0 aromatic rings. The van der Waals surface area contributed by atoms with Crippen LogP contribution >= 0.6 is 0 Å². The standard InChI is InChI=1S/C20H28O4/c1-7-13(4)19(22)23-16-11-18-20(6,24-18)17(21)10-15(12(2)3)9-8-14(16)5/h7-8,15-16,18H,2,9-11H2,1,3-6H3/b13-7-,14-8-/t15-,16?,18-,20-/m0/s1. The van der Waals surface area contributed by atoms with E-state index in [0.29, 0.717) is 18.4 Å². The summed E-state index contributed by atoms with van der Waals surface area (Å²) in [7, 11) is 0. The molecule has 0 N–H and O–H groups in total. The molecule has 0 radical (unpaired) electrons. The number of fused-ring (bicyclic) bond motifs is 1. The van der Waals surface area contributed by atoms with Gasteiger partial charge in [0.15, 0.2) is 5.78 Å². The topological polar surface area (TPSA) is 55.9 Å². The van der Waals surface area contributed by atoms with Gasteiger partial charge in [0, 0.05) is 18.4 Å². The molecule has 0 aromatic carbocycles. The van der Waals surface area contributed by atoms with E-state index in [1.165, 1.54) is 0 Å². The van der Waals surface area contributed by atoms with E-state index in [-0.39, 0.29) is 29.9 Å². The number of carbonyl (C=O) groups is 2. The number of carbonyl (C=O) groups excluding carboxylic acids is 2. The highest BCUT2D eigenvalue weighted by atomic mass is 16.6. The minimum atomic E-state index is -0.744. The zero-order valence-corrected chi connectivity index (χ0v) is 15.3. The van der Waals surface area contributed by atoms with Gasteiger partial charge in [0.2, 0.25) is 0 Å². The summed E-state index contributed by atoms with van der Waals surface area (Å²) < 4.78 is 11.4. The van der Waals surface area contributed by atoms with Gasteiger partial charge in [-0.25, -0.2) is 4.79 Å². The Morgan fingerprint density at radius 2 is 2.12 bits per heavy atom. The van der Waals surface area contributed by atoms with Crippen molar-refractivity contribution in [1.29, 1.82) is 0 Å². The molecule has 4 atom stereocenters. The highest BCUT2D eigenvalue weighted by Gasteiger charge is 2.58. The Morgan fingerprint density at radius 1 is 1.46 bits per heavy atom. The van der Waals surface area contributed by atoms with E-state index in [2.05, 4.69) is 12.7 Å². The molecule has 1 aliphatic carbocycles. The maximum atomic E-state index is 12.6. The summed E-state index contributed by atoms with van der Waals surface area (Å²) in [5, 5.41) is 0. The quantitative estimate of drug-likeness (QED) is 0.340. The first-order chi connectivity index (χ1) is 11.2. The smallest absolute Gasteiger partial charge is 0.333 e. The van der Waals surface area contributed by atoms with Crippen LogP contribution in [0.15, 0.2) is 35.5 Å². The fraction of sp³-hybridized carbons (Fsp3) is 0.600. The molecule has 132 valence electrons. The van der Waals surface area contributed by atoms with Crippen molar-refractivity contribution in [2.24, 2.45) is 5.92 Å². The number of ether oxygens (including phenoxy) is 2. The van der Waals surface area contributed by atoms with E-state index in [1.807, 2.05) is 27.7 Å². The summed E-state index contributed by atoms with van der Waals surface area (Å²) in [5.74, 6) is -0.110. The Kier molecular flexibility index (Phi) is 5.49. The van der Waals surface area contributed by atoms with E-state index < -0.39 is 5.60 Å². The highest BCUT2D eigenvalue weighted by Crippen LogP contribution is 2.44. The van der Waals surface area contributed by atoms with Crippen molar-refractivity contribution in [3.05, 3.63) is 35.5 Å². The lowest BCUT2D eigenvalue weighted by Gasteiger charge is -2.22. The molecule has 0 aromatic heterocycles. The Balaban J connectivity index is 2.25. The number of rotatable bonds is 3. The van der Waals surface area contributed by atoms with Crippen molar-refractivity contribution >= 4 is 11.8 Å². The molecular weight excluding hydrogens is 304 g/mol. The molecule has 2 rings (SSSR count). The SMILES string of the molecule is C=C(C)[C@H]1C/C=C(/C)C(OC(=O)/C(C)=C\C)C[C@@H]2O[C@@]2(C)C(=O)C1. The van der Waals surface area contributed by atoms with Gasteiger partial charge in [0.05, 0.1) is 6.10 Å². The normalized spacial score (nSPS) is 36.2. The summed E-state index contributed by atoms with van der Waals surface area (Å²) in [6.45, 7) is 13.3. The van der Waals surface area contributed by atoms with E-state index in [0.717, 1.165) is 17.6 Å². The Morgan fingerprint density at radius 3 is 2.71 bits per heavy atom. The summed E-state index contributed by atoms with van der Waals surface area (Å²) in [4.78, 5) is 24.7. The van der Waals surface area contributed by atoms with Crippen molar-refractivity contribution in [2.45, 2.75) is 71.7 Å². The average molecular weight is 332 g/mol. The zero-order chi connectivity index (χ0) is 18.1. The van der Waals surface area contributed by atoms with Crippen LogP contribution in [0, 0.1) is 5.92 Å². The molecule has 0 amide bonds. The van der Waals surface area contributed by atoms with Crippen LogP contribution in [-0.2, 0) is 19.1 Å². The summed E-state index contributed by atoms with van der Waals surface area (Å²) in [6.07, 6.45) is 4.95. The first kappa shape index (κ1) is 18.7. The first-order valence-corrected chi connectivity index (χ1v) is 8.56. The van der Waals surface area contributed by atoms with Gasteiger partial charge in [-0.2, -0.15) is 0 Å². The van der Waals surface area contributed by atoms with Crippen LogP contribution in [0.25, 0.3) is 0 Å². The molecule has 0 bridgehead atoms. The number of hydrogen-bond acceptors (Lipinski definition) is 4. The monoisotopic (exact) mass is 332 g/mol. The van der Waals surface area contributed by atoms with Gasteiger partial charge in [-0.3, -0.25) is 4.79 Å². The van der Waals surface area contributed by atoms with E-state index >= 15 is 0 Å². The number of epoxide rings is 1. The lowest BCUT2D eigenvalue weighted by atomic mass is 9.84. The summed E-state index contributed by atoms with van der Waals surface area (Å²) in [6, 6.07) is 0. The van der Waals surface area contributed by atoms with Crippen molar-refractivity contribution in [2.75, 3.05) is 0 Å². The van der Waals surface area contributed by atoms with Crippen molar-refractivity contribution in [1.82, 2.24) is 0 Å². The van der Waals surface area contributed by atoms with Crippen LogP contribution in [0.2, 0.25) is 0 Å². The third-order valence-corrected chi connectivity index (χ3v) is 5.29. The Bertz CT molecular complexity index is 613. The Hall–Kier alpha value is -1.68. The van der Waals surface area contributed by atoms with Gasteiger partial charge >= 0.3 is 5.97 Å². The maximum absolute atomic E-state index is 12.6. The predicted molar refractivity (Wildman–Crippen MR) is 93.5 cm³/mol. The third kappa shape index (κ3) is 3.86. The summed E-state index contributed by atoms with van der Waals surface area (Å²) >= 11 is 0. The number of hydrogen-bond donors (Lipinski definition) is 0. The lowest BCUT2D eigenvalue weighted by Crippen LogP contribution is -2.30. The molecule has 2 aliphatic rings. The number of ketones is 1. The van der Waals surface area contributed by atoms with Crippen molar-refractivity contribution in [3.63, 3.8) is 0 Å². The molecule has 1 saturated heterocycles. The van der Waals surface area contributed by atoms with Crippen LogP contribution in [-0.4, -0.2) is 29.6 Å². The van der Waals surface area contributed by atoms with Crippen LogP contribution in [0.5, 0.6) is 0 Å². The fourth-order valence-corrected chi connectivity index (χ4v) is 2.99. The fourth-order valence-electron chi connectivity index (χ4n) is 2.99. The largest absolute Gasteiger partial charge is 0.454 e. The maximum Gasteiger partial charge on any atom is 0.333 e. The van der Waals surface area contributed by atoms with Gasteiger partial charge in [0.25, 0.3) is 0 Å². The second-order valence-corrected chi connectivity index (χ2v) is 7.17. The number of esters is 1. The number of Topliss-reactive ketones (excluding diaryl/α,β-unsaturated/α-hetero) is 1. The van der Waals surface area contributed by atoms with Crippen molar-refractivity contribution < 1.29 is 19.1 Å². The molecular formula is C20H28O4. The van der Waals surface area contributed by atoms with Crippen molar-refractivity contribution in [3.8, 4) is 0 Å². The lowest BCUT2D eigenvalue weighted by molar-refractivity contribution is -0.143. The average Bonchev–Trinajstić information content (AvgIpc) is 3.19. The third-order valence-electron chi connectivity index (χ3n) is 5.29. The second kappa shape index (κ2) is 7.06. The summed E-state index contributed by atoms with van der Waals surface area (Å²) in [5.41, 5.74) is 1.83. The second-order valence-electron chi connectivity index (χ2n) is 7.17. The minimum Gasteiger partial charge on any atom is -0.454 e. The van der Waals surface area contributed by atoms with Crippen LogP contribution < -0.4 is 0 Å².